The maximum absolute atomic E-state index is 13.6. The largest absolute Gasteiger partial charge is 0.396 e. The lowest BCUT2D eigenvalue weighted by Crippen LogP contribution is -2.26. The zero-order valence-corrected chi connectivity index (χ0v) is 13.3. The Labute approximate surface area is 125 Å². The first-order valence-electron chi connectivity index (χ1n) is 6.03. The zero-order valence-electron chi connectivity index (χ0n) is 10.9. The van der Waals surface area contributed by atoms with Crippen LogP contribution in [0.1, 0.15) is 19.8 Å². The van der Waals surface area contributed by atoms with Gasteiger partial charge in [0, 0.05) is 23.7 Å². The fourth-order valence-corrected chi connectivity index (χ4v) is 3.84. The van der Waals surface area contributed by atoms with Crippen LogP contribution in [0.25, 0.3) is 0 Å². The van der Waals surface area contributed by atoms with Crippen molar-refractivity contribution in [1.29, 1.82) is 0 Å². The number of sulfonamides is 1. The van der Waals surface area contributed by atoms with Gasteiger partial charge in [0.1, 0.15) is 16.5 Å². The van der Waals surface area contributed by atoms with E-state index in [2.05, 4.69) is 20.7 Å². The second-order valence-corrected chi connectivity index (χ2v) is 7.08. The number of nitrogens with one attached hydrogen (secondary N) is 1. The van der Waals surface area contributed by atoms with Crippen LogP contribution in [0.2, 0.25) is 0 Å². The highest BCUT2D eigenvalue weighted by Crippen LogP contribution is 2.26. The van der Waals surface area contributed by atoms with Crippen molar-refractivity contribution in [2.24, 2.45) is 5.92 Å². The van der Waals surface area contributed by atoms with Gasteiger partial charge in [-0.1, -0.05) is 6.92 Å². The van der Waals surface area contributed by atoms with E-state index in [4.69, 9.17) is 5.11 Å². The van der Waals surface area contributed by atoms with Crippen molar-refractivity contribution in [3.8, 4) is 0 Å². The van der Waals surface area contributed by atoms with Crippen LogP contribution >= 0.6 is 15.9 Å². The van der Waals surface area contributed by atoms with Gasteiger partial charge in [0.25, 0.3) is 0 Å². The maximum atomic E-state index is 13.6. The van der Waals surface area contributed by atoms with Crippen LogP contribution in [0.5, 0.6) is 0 Å². The highest BCUT2D eigenvalue weighted by molar-refractivity contribution is 9.10. The van der Waals surface area contributed by atoms with E-state index in [0.717, 1.165) is 6.07 Å². The van der Waals surface area contributed by atoms with Crippen LogP contribution in [-0.2, 0) is 10.0 Å². The fraction of sp³-hybridized carbons (Fsp3) is 0.500. The third-order valence-corrected chi connectivity index (χ3v) is 5.13. The lowest BCUT2D eigenvalue weighted by Gasteiger charge is -2.11. The second kappa shape index (κ2) is 7.44. The molecule has 0 aromatic heterocycles. The Kier molecular flexibility index (Phi) is 6.50. The first kappa shape index (κ1) is 17.5. The van der Waals surface area contributed by atoms with Gasteiger partial charge in [-0.2, -0.15) is 0 Å². The summed E-state index contributed by atoms with van der Waals surface area (Å²) >= 11 is 2.84. The molecule has 2 N–H and O–H groups in total. The minimum atomic E-state index is -4.04. The molecule has 0 fully saturated rings. The van der Waals surface area contributed by atoms with Crippen molar-refractivity contribution in [2.75, 3.05) is 13.2 Å². The van der Waals surface area contributed by atoms with Gasteiger partial charge in [-0.05, 0) is 40.8 Å². The number of rotatable bonds is 7. The number of aliphatic hydroxyl groups excluding tert-OH is 1. The van der Waals surface area contributed by atoms with E-state index in [0.29, 0.717) is 18.9 Å². The van der Waals surface area contributed by atoms with Gasteiger partial charge in [-0.3, -0.25) is 0 Å². The number of hydrogen-bond acceptors (Lipinski definition) is 3. The van der Waals surface area contributed by atoms with E-state index in [1.54, 1.807) is 0 Å². The Bertz CT molecular complexity index is 543. The van der Waals surface area contributed by atoms with Crippen LogP contribution in [0.4, 0.5) is 8.78 Å². The molecule has 0 bridgehead atoms. The van der Waals surface area contributed by atoms with E-state index >= 15 is 0 Å². The Morgan fingerprint density at radius 2 is 2.05 bits per heavy atom. The van der Waals surface area contributed by atoms with E-state index in [-0.39, 0.29) is 23.5 Å². The van der Waals surface area contributed by atoms with E-state index in [1.807, 2.05) is 6.92 Å². The predicted molar refractivity (Wildman–Crippen MR) is 74.7 cm³/mol. The van der Waals surface area contributed by atoms with Crippen molar-refractivity contribution in [2.45, 2.75) is 24.7 Å². The maximum Gasteiger partial charge on any atom is 0.244 e. The van der Waals surface area contributed by atoms with Gasteiger partial charge in [-0.15, -0.1) is 0 Å². The SMILES string of the molecule is CC(CO)CCCNS(=O)(=O)c1c(F)cc(F)cc1Br. The van der Waals surface area contributed by atoms with Gasteiger partial charge in [0.2, 0.25) is 10.0 Å². The molecule has 0 spiro atoms. The third-order valence-electron chi connectivity index (χ3n) is 2.71. The van der Waals surface area contributed by atoms with Gasteiger partial charge < -0.3 is 5.11 Å². The van der Waals surface area contributed by atoms with Gasteiger partial charge in [0.05, 0.1) is 0 Å². The van der Waals surface area contributed by atoms with Gasteiger partial charge in [0.15, 0.2) is 0 Å². The minimum Gasteiger partial charge on any atom is -0.396 e. The van der Waals surface area contributed by atoms with Crippen molar-refractivity contribution in [3.63, 3.8) is 0 Å². The van der Waals surface area contributed by atoms with E-state index in [1.165, 1.54) is 0 Å². The van der Waals surface area contributed by atoms with E-state index in [9.17, 15) is 17.2 Å². The Hall–Kier alpha value is -0.570. The first-order chi connectivity index (χ1) is 9.27. The predicted octanol–water partition coefficient (Wildman–Crippen LogP) is 2.41. The standard InChI is InChI=1S/C12H16BrF2NO3S/c1-8(7-17)3-2-4-16-20(18,19)12-10(13)5-9(14)6-11(12)15/h5-6,8,16-17H,2-4,7H2,1H3. The molecule has 0 amide bonds. The third kappa shape index (κ3) is 4.76. The number of benzene rings is 1. The average Bonchev–Trinajstić information content (AvgIpc) is 2.32. The molecule has 0 heterocycles. The highest BCUT2D eigenvalue weighted by Gasteiger charge is 2.23. The fourth-order valence-electron chi connectivity index (χ4n) is 1.61. The van der Waals surface area contributed by atoms with Crippen molar-refractivity contribution >= 4 is 26.0 Å². The summed E-state index contributed by atoms with van der Waals surface area (Å²) in [7, 11) is -4.04. The Morgan fingerprint density at radius 1 is 1.40 bits per heavy atom. The molecule has 20 heavy (non-hydrogen) atoms. The summed E-state index contributed by atoms with van der Waals surface area (Å²) in [6, 6.07) is 1.42. The Balaban J connectivity index is 2.75. The molecule has 1 atom stereocenters. The van der Waals surface area contributed by atoms with Crippen LogP contribution < -0.4 is 4.72 Å². The summed E-state index contributed by atoms with van der Waals surface area (Å²) in [6.07, 6.45) is 1.16. The zero-order chi connectivity index (χ0) is 15.3. The molecule has 1 rings (SSSR count). The quantitative estimate of drug-likeness (QED) is 0.723. The second-order valence-electron chi connectivity index (χ2n) is 4.53. The summed E-state index contributed by atoms with van der Waals surface area (Å²) in [4.78, 5) is -0.603. The van der Waals surface area contributed by atoms with Crippen molar-refractivity contribution < 1.29 is 22.3 Å². The molecule has 0 aliphatic heterocycles. The van der Waals surface area contributed by atoms with Crippen LogP contribution in [0, 0.1) is 17.6 Å². The highest BCUT2D eigenvalue weighted by atomic mass is 79.9. The molecular weight excluding hydrogens is 356 g/mol. The number of hydrogen-bond donors (Lipinski definition) is 2. The molecular formula is C12H16BrF2NO3S. The molecule has 1 unspecified atom stereocenters. The molecule has 4 nitrogen and oxygen atoms in total. The first-order valence-corrected chi connectivity index (χ1v) is 8.30. The smallest absolute Gasteiger partial charge is 0.244 e. The molecule has 1 aromatic carbocycles. The molecule has 0 aliphatic rings. The average molecular weight is 372 g/mol. The van der Waals surface area contributed by atoms with Crippen LogP contribution in [-0.4, -0.2) is 26.7 Å². The molecule has 0 aliphatic carbocycles. The normalized spacial score (nSPS) is 13.4. The molecule has 114 valence electrons. The van der Waals surface area contributed by atoms with Gasteiger partial charge >= 0.3 is 0 Å². The summed E-state index contributed by atoms with van der Waals surface area (Å²) in [6.45, 7) is 1.99. The lowest BCUT2D eigenvalue weighted by atomic mass is 10.1. The summed E-state index contributed by atoms with van der Waals surface area (Å²) in [5, 5.41) is 8.84. The summed E-state index contributed by atoms with van der Waals surface area (Å²) in [5.41, 5.74) is 0. The topological polar surface area (TPSA) is 66.4 Å². The summed E-state index contributed by atoms with van der Waals surface area (Å²) < 4.78 is 52.5. The molecule has 0 radical (unpaired) electrons. The molecule has 8 heteroatoms. The lowest BCUT2D eigenvalue weighted by molar-refractivity contribution is 0.228. The van der Waals surface area contributed by atoms with Gasteiger partial charge in [-0.25, -0.2) is 21.9 Å². The van der Waals surface area contributed by atoms with Crippen molar-refractivity contribution in [3.05, 3.63) is 28.2 Å². The van der Waals surface area contributed by atoms with Crippen LogP contribution in [0.3, 0.4) is 0 Å². The summed E-state index contributed by atoms with van der Waals surface area (Å²) in [5.74, 6) is -1.92. The molecule has 0 saturated heterocycles. The number of aliphatic hydroxyl groups is 1. The molecule has 0 saturated carbocycles. The van der Waals surface area contributed by atoms with Crippen molar-refractivity contribution in [1.82, 2.24) is 4.72 Å². The van der Waals surface area contributed by atoms with E-state index < -0.39 is 26.6 Å². The molecule has 1 aromatic rings. The number of halogens is 3. The monoisotopic (exact) mass is 371 g/mol. The Morgan fingerprint density at radius 3 is 2.60 bits per heavy atom. The van der Waals surface area contributed by atoms with Crippen LogP contribution in [0.15, 0.2) is 21.5 Å². The minimum absolute atomic E-state index is 0.0326.